The van der Waals surface area contributed by atoms with Crippen LogP contribution < -0.4 is 5.32 Å². The van der Waals surface area contributed by atoms with Crippen LogP contribution in [0.2, 0.25) is 0 Å². The maximum atomic E-state index is 3.77. The number of hydrogen-bond acceptors (Lipinski definition) is 1. The summed E-state index contributed by atoms with van der Waals surface area (Å²) in [4.78, 5) is 0. The standard InChI is InChI=1S/C16H23N/c1-13-7-2-3-8-14(13)16(10-4-5-11-16)15-9-6-12-17-15/h2-3,7-8,15,17H,4-6,9-12H2,1H3. The van der Waals surface area contributed by atoms with E-state index >= 15 is 0 Å². The summed E-state index contributed by atoms with van der Waals surface area (Å²) in [5.41, 5.74) is 3.56. The molecule has 0 spiro atoms. The summed E-state index contributed by atoms with van der Waals surface area (Å²) in [5, 5.41) is 3.77. The van der Waals surface area contributed by atoms with Gasteiger partial charge in [-0.05, 0) is 50.3 Å². The first-order valence-electron chi connectivity index (χ1n) is 7.12. The molecule has 1 aliphatic heterocycles. The molecule has 92 valence electrons. The van der Waals surface area contributed by atoms with Crippen molar-refractivity contribution in [2.24, 2.45) is 0 Å². The first-order valence-corrected chi connectivity index (χ1v) is 7.12. The number of aryl methyl sites for hydroxylation is 1. The molecule has 1 heterocycles. The maximum absolute atomic E-state index is 3.77. The summed E-state index contributed by atoms with van der Waals surface area (Å²) < 4.78 is 0. The Bertz CT molecular complexity index is 384. The number of benzene rings is 1. The molecule has 1 atom stereocenters. The molecule has 0 radical (unpaired) electrons. The highest BCUT2D eigenvalue weighted by Crippen LogP contribution is 2.46. The third-order valence-electron chi connectivity index (χ3n) is 4.90. The van der Waals surface area contributed by atoms with Crippen LogP contribution in [0.25, 0.3) is 0 Å². The highest BCUT2D eigenvalue weighted by Gasteiger charge is 2.44. The van der Waals surface area contributed by atoms with Crippen LogP contribution in [-0.4, -0.2) is 12.6 Å². The summed E-state index contributed by atoms with van der Waals surface area (Å²) in [6.07, 6.45) is 8.32. The molecule has 1 nitrogen and oxygen atoms in total. The van der Waals surface area contributed by atoms with Gasteiger partial charge in [0.15, 0.2) is 0 Å². The second-order valence-corrected chi connectivity index (χ2v) is 5.83. The molecular formula is C16H23N. The van der Waals surface area contributed by atoms with Crippen molar-refractivity contribution in [3.8, 4) is 0 Å². The van der Waals surface area contributed by atoms with Gasteiger partial charge in [0, 0.05) is 11.5 Å². The zero-order chi connectivity index (χ0) is 11.7. The minimum Gasteiger partial charge on any atom is -0.313 e. The lowest BCUT2D eigenvalue weighted by atomic mass is 9.71. The molecule has 0 aromatic heterocycles. The summed E-state index contributed by atoms with van der Waals surface area (Å²) >= 11 is 0. The summed E-state index contributed by atoms with van der Waals surface area (Å²) in [7, 11) is 0. The second kappa shape index (κ2) is 4.45. The average Bonchev–Trinajstić information content (AvgIpc) is 3.01. The van der Waals surface area contributed by atoms with Crippen LogP contribution in [-0.2, 0) is 5.41 Å². The van der Waals surface area contributed by atoms with Crippen LogP contribution >= 0.6 is 0 Å². The van der Waals surface area contributed by atoms with Crippen molar-refractivity contribution < 1.29 is 0 Å². The van der Waals surface area contributed by atoms with Gasteiger partial charge in [-0.25, -0.2) is 0 Å². The van der Waals surface area contributed by atoms with E-state index in [1.807, 2.05) is 0 Å². The highest BCUT2D eigenvalue weighted by atomic mass is 15.0. The summed E-state index contributed by atoms with van der Waals surface area (Å²) in [5.74, 6) is 0. The molecule has 2 fully saturated rings. The minimum atomic E-state index is 0.446. The molecular weight excluding hydrogens is 206 g/mol. The lowest BCUT2D eigenvalue weighted by molar-refractivity contribution is 0.322. The monoisotopic (exact) mass is 229 g/mol. The van der Waals surface area contributed by atoms with E-state index in [4.69, 9.17) is 0 Å². The van der Waals surface area contributed by atoms with Gasteiger partial charge in [-0.3, -0.25) is 0 Å². The van der Waals surface area contributed by atoms with E-state index in [0.717, 1.165) is 6.04 Å². The quantitative estimate of drug-likeness (QED) is 0.817. The maximum Gasteiger partial charge on any atom is 0.0165 e. The normalized spacial score (nSPS) is 27.5. The molecule has 0 bridgehead atoms. The SMILES string of the molecule is Cc1ccccc1C1(C2CCCN2)CCCC1. The van der Waals surface area contributed by atoms with Gasteiger partial charge in [0.25, 0.3) is 0 Å². The van der Waals surface area contributed by atoms with E-state index < -0.39 is 0 Å². The Morgan fingerprint density at radius 3 is 2.53 bits per heavy atom. The van der Waals surface area contributed by atoms with E-state index in [2.05, 4.69) is 36.5 Å². The van der Waals surface area contributed by atoms with E-state index in [-0.39, 0.29) is 0 Å². The smallest absolute Gasteiger partial charge is 0.0165 e. The van der Waals surface area contributed by atoms with Gasteiger partial charge < -0.3 is 5.32 Å². The number of nitrogens with one attached hydrogen (secondary N) is 1. The Kier molecular flexibility index (Phi) is 2.96. The van der Waals surface area contributed by atoms with Crippen molar-refractivity contribution in [1.29, 1.82) is 0 Å². The van der Waals surface area contributed by atoms with Gasteiger partial charge in [-0.1, -0.05) is 37.1 Å². The van der Waals surface area contributed by atoms with E-state index in [0.29, 0.717) is 5.41 Å². The molecule has 1 saturated carbocycles. The lowest BCUT2D eigenvalue weighted by Crippen LogP contribution is -2.43. The largest absolute Gasteiger partial charge is 0.313 e. The highest BCUT2D eigenvalue weighted by molar-refractivity contribution is 5.36. The summed E-state index contributed by atoms with van der Waals surface area (Å²) in [6.45, 7) is 3.50. The Morgan fingerprint density at radius 1 is 1.12 bits per heavy atom. The van der Waals surface area contributed by atoms with E-state index in [9.17, 15) is 0 Å². The third kappa shape index (κ3) is 1.81. The van der Waals surface area contributed by atoms with Gasteiger partial charge >= 0.3 is 0 Å². The molecule has 3 rings (SSSR count). The van der Waals surface area contributed by atoms with Crippen LogP contribution in [0.5, 0.6) is 0 Å². The molecule has 2 aliphatic rings. The van der Waals surface area contributed by atoms with Crippen molar-refractivity contribution >= 4 is 0 Å². The van der Waals surface area contributed by atoms with Crippen LogP contribution in [0.3, 0.4) is 0 Å². The van der Waals surface area contributed by atoms with Crippen molar-refractivity contribution in [3.63, 3.8) is 0 Å². The fourth-order valence-electron chi connectivity index (χ4n) is 4.10. The minimum absolute atomic E-state index is 0.446. The Labute approximate surface area is 105 Å². The first kappa shape index (κ1) is 11.3. The van der Waals surface area contributed by atoms with E-state index in [1.54, 1.807) is 5.56 Å². The van der Waals surface area contributed by atoms with E-state index in [1.165, 1.54) is 50.6 Å². The molecule has 1 aliphatic carbocycles. The Morgan fingerprint density at radius 2 is 1.88 bits per heavy atom. The molecule has 17 heavy (non-hydrogen) atoms. The van der Waals surface area contributed by atoms with Crippen LogP contribution in [0.15, 0.2) is 24.3 Å². The molecule has 1 heteroatoms. The average molecular weight is 229 g/mol. The van der Waals surface area contributed by atoms with Crippen LogP contribution in [0.1, 0.15) is 49.7 Å². The Hall–Kier alpha value is -0.820. The first-order chi connectivity index (χ1) is 8.33. The Balaban J connectivity index is 2.02. The fourth-order valence-corrected chi connectivity index (χ4v) is 4.10. The molecule has 1 unspecified atom stereocenters. The van der Waals surface area contributed by atoms with Crippen LogP contribution in [0.4, 0.5) is 0 Å². The zero-order valence-electron chi connectivity index (χ0n) is 10.8. The topological polar surface area (TPSA) is 12.0 Å². The predicted molar refractivity (Wildman–Crippen MR) is 72.3 cm³/mol. The molecule has 1 aromatic carbocycles. The van der Waals surface area contributed by atoms with Crippen molar-refractivity contribution in [1.82, 2.24) is 5.32 Å². The number of rotatable bonds is 2. The predicted octanol–water partition coefficient (Wildman–Crippen LogP) is 3.56. The zero-order valence-corrected chi connectivity index (χ0v) is 10.8. The van der Waals surface area contributed by atoms with Crippen molar-refractivity contribution in [2.45, 2.75) is 56.9 Å². The lowest BCUT2D eigenvalue weighted by Gasteiger charge is -2.37. The fraction of sp³-hybridized carbons (Fsp3) is 0.625. The van der Waals surface area contributed by atoms with Crippen LogP contribution in [0, 0.1) is 6.92 Å². The van der Waals surface area contributed by atoms with Gasteiger partial charge in [0.2, 0.25) is 0 Å². The van der Waals surface area contributed by atoms with Crippen molar-refractivity contribution in [2.75, 3.05) is 6.54 Å². The second-order valence-electron chi connectivity index (χ2n) is 5.83. The molecule has 0 amide bonds. The van der Waals surface area contributed by atoms with Gasteiger partial charge in [-0.2, -0.15) is 0 Å². The van der Waals surface area contributed by atoms with Gasteiger partial charge in [0.1, 0.15) is 0 Å². The third-order valence-corrected chi connectivity index (χ3v) is 4.90. The number of hydrogen-bond donors (Lipinski definition) is 1. The van der Waals surface area contributed by atoms with Gasteiger partial charge in [-0.15, -0.1) is 0 Å². The molecule has 1 aromatic rings. The molecule has 1 saturated heterocycles. The van der Waals surface area contributed by atoms with Crippen molar-refractivity contribution in [3.05, 3.63) is 35.4 Å². The van der Waals surface area contributed by atoms with Gasteiger partial charge in [0.05, 0.1) is 0 Å². The molecule has 1 N–H and O–H groups in total. The summed E-state index contributed by atoms with van der Waals surface area (Å²) in [6, 6.07) is 9.78.